The zero-order valence-electron chi connectivity index (χ0n) is 10.1. The molecule has 0 N–H and O–H groups in total. The van der Waals surface area contributed by atoms with E-state index in [0.29, 0.717) is 5.88 Å². The van der Waals surface area contributed by atoms with Crippen LogP contribution in [-0.2, 0) is 0 Å². The third-order valence-corrected chi connectivity index (χ3v) is 3.37. The van der Waals surface area contributed by atoms with Crippen molar-refractivity contribution in [3.8, 4) is 0 Å². The number of anilines is 1. The highest BCUT2D eigenvalue weighted by atomic mass is 35.5. The molecule has 2 rings (SSSR count). The molecule has 98 valence electrons. The van der Waals surface area contributed by atoms with E-state index >= 15 is 0 Å². The molecule has 0 unspecified atom stereocenters. The van der Waals surface area contributed by atoms with Crippen LogP contribution in [-0.4, -0.2) is 48.4 Å². The molecule has 5 nitrogen and oxygen atoms in total. The van der Waals surface area contributed by atoms with Crippen LogP contribution in [0.1, 0.15) is 0 Å². The SMILES string of the molecule is O=[N+]([O-])c1ccc(N2CCN(CCCl)CC2)cc1. The van der Waals surface area contributed by atoms with Crippen molar-refractivity contribution in [3.63, 3.8) is 0 Å². The van der Waals surface area contributed by atoms with E-state index in [-0.39, 0.29) is 10.6 Å². The molecule has 1 aliphatic heterocycles. The van der Waals surface area contributed by atoms with Gasteiger partial charge in [-0.25, -0.2) is 0 Å². The van der Waals surface area contributed by atoms with Gasteiger partial charge in [0.25, 0.3) is 5.69 Å². The monoisotopic (exact) mass is 269 g/mol. The molecule has 0 aliphatic carbocycles. The number of halogens is 1. The maximum absolute atomic E-state index is 10.6. The van der Waals surface area contributed by atoms with E-state index in [1.54, 1.807) is 12.1 Å². The van der Waals surface area contributed by atoms with Crippen LogP contribution in [0.5, 0.6) is 0 Å². The van der Waals surface area contributed by atoms with Crippen LogP contribution < -0.4 is 4.90 Å². The number of hydrogen-bond donors (Lipinski definition) is 0. The Labute approximate surface area is 111 Å². The molecule has 0 radical (unpaired) electrons. The summed E-state index contributed by atoms with van der Waals surface area (Å²) in [6, 6.07) is 6.74. The average Bonchev–Trinajstić information content (AvgIpc) is 2.40. The van der Waals surface area contributed by atoms with Crippen molar-refractivity contribution in [1.82, 2.24) is 4.90 Å². The van der Waals surface area contributed by atoms with Crippen molar-refractivity contribution in [2.24, 2.45) is 0 Å². The topological polar surface area (TPSA) is 49.6 Å². The van der Waals surface area contributed by atoms with Gasteiger partial charge in [0.1, 0.15) is 0 Å². The van der Waals surface area contributed by atoms with E-state index in [4.69, 9.17) is 11.6 Å². The van der Waals surface area contributed by atoms with Gasteiger partial charge in [-0.3, -0.25) is 15.0 Å². The Morgan fingerprint density at radius 2 is 1.78 bits per heavy atom. The number of hydrogen-bond acceptors (Lipinski definition) is 4. The van der Waals surface area contributed by atoms with Crippen LogP contribution in [0.4, 0.5) is 11.4 Å². The lowest BCUT2D eigenvalue weighted by Gasteiger charge is -2.35. The smallest absolute Gasteiger partial charge is 0.269 e. The summed E-state index contributed by atoms with van der Waals surface area (Å²) in [6.45, 7) is 4.78. The Morgan fingerprint density at radius 3 is 2.28 bits per heavy atom. The maximum Gasteiger partial charge on any atom is 0.269 e. The normalized spacial score (nSPS) is 16.8. The maximum atomic E-state index is 10.6. The number of alkyl halides is 1. The summed E-state index contributed by atoms with van der Waals surface area (Å²) in [5, 5.41) is 10.6. The molecule has 1 heterocycles. The highest BCUT2D eigenvalue weighted by Gasteiger charge is 2.17. The van der Waals surface area contributed by atoms with E-state index < -0.39 is 0 Å². The fourth-order valence-corrected chi connectivity index (χ4v) is 2.37. The van der Waals surface area contributed by atoms with Gasteiger partial charge in [0, 0.05) is 56.4 Å². The summed E-state index contributed by atoms with van der Waals surface area (Å²) in [7, 11) is 0. The first-order valence-electron chi connectivity index (χ1n) is 5.98. The van der Waals surface area contributed by atoms with Crippen LogP contribution in [0.15, 0.2) is 24.3 Å². The Balaban J connectivity index is 1.95. The van der Waals surface area contributed by atoms with E-state index in [1.807, 2.05) is 12.1 Å². The first-order chi connectivity index (χ1) is 8.70. The zero-order valence-corrected chi connectivity index (χ0v) is 10.8. The Bertz CT molecular complexity index is 402. The summed E-state index contributed by atoms with van der Waals surface area (Å²) in [5.74, 6) is 0.664. The van der Waals surface area contributed by atoms with Crippen molar-refractivity contribution in [2.45, 2.75) is 0 Å². The largest absolute Gasteiger partial charge is 0.369 e. The third kappa shape index (κ3) is 3.11. The lowest BCUT2D eigenvalue weighted by molar-refractivity contribution is -0.384. The van der Waals surface area contributed by atoms with E-state index in [1.165, 1.54) is 0 Å². The molecule has 0 aromatic heterocycles. The Morgan fingerprint density at radius 1 is 1.17 bits per heavy atom. The van der Waals surface area contributed by atoms with Crippen molar-refractivity contribution in [1.29, 1.82) is 0 Å². The van der Waals surface area contributed by atoms with Crippen LogP contribution in [0, 0.1) is 10.1 Å². The molecule has 1 aromatic rings. The number of non-ortho nitro benzene ring substituents is 1. The number of nitro benzene ring substituents is 1. The number of benzene rings is 1. The lowest BCUT2D eigenvalue weighted by Crippen LogP contribution is -2.46. The van der Waals surface area contributed by atoms with Gasteiger partial charge in [0.05, 0.1) is 4.92 Å². The predicted molar refractivity (Wildman–Crippen MR) is 72.5 cm³/mol. The van der Waals surface area contributed by atoms with Crippen molar-refractivity contribution < 1.29 is 4.92 Å². The Hall–Kier alpha value is -1.33. The first kappa shape index (κ1) is 13.1. The molecular weight excluding hydrogens is 254 g/mol. The molecular formula is C12H16ClN3O2. The lowest BCUT2D eigenvalue weighted by atomic mass is 10.2. The van der Waals surface area contributed by atoms with Crippen molar-refractivity contribution >= 4 is 23.0 Å². The molecule has 0 bridgehead atoms. The number of piperazine rings is 1. The zero-order chi connectivity index (χ0) is 13.0. The molecule has 0 atom stereocenters. The van der Waals surface area contributed by atoms with E-state index in [9.17, 15) is 10.1 Å². The molecule has 1 aromatic carbocycles. The summed E-state index contributed by atoms with van der Waals surface area (Å²) in [6.07, 6.45) is 0. The van der Waals surface area contributed by atoms with Gasteiger partial charge in [-0.05, 0) is 12.1 Å². The van der Waals surface area contributed by atoms with Crippen molar-refractivity contribution in [2.75, 3.05) is 43.5 Å². The second kappa shape index (κ2) is 6.02. The molecule has 0 amide bonds. The van der Waals surface area contributed by atoms with Gasteiger partial charge in [0.2, 0.25) is 0 Å². The average molecular weight is 270 g/mol. The fourth-order valence-electron chi connectivity index (χ4n) is 2.13. The fraction of sp³-hybridized carbons (Fsp3) is 0.500. The van der Waals surface area contributed by atoms with Gasteiger partial charge >= 0.3 is 0 Å². The van der Waals surface area contributed by atoms with Gasteiger partial charge in [-0.15, -0.1) is 11.6 Å². The van der Waals surface area contributed by atoms with Crippen LogP contribution in [0.25, 0.3) is 0 Å². The second-order valence-electron chi connectivity index (χ2n) is 4.29. The summed E-state index contributed by atoms with van der Waals surface area (Å²) in [5.41, 5.74) is 1.19. The minimum atomic E-state index is -0.373. The molecule has 6 heteroatoms. The summed E-state index contributed by atoms with van der Waals surface area (Å²) < 4.78 is 0. The predicted octanol–water partition coefficient (Wildman–Crippen LogP) is 1.96. The standard InChI is InChI=1S/C12H16ClN3O2/c13-5-6-14-7-9-15(10-8-14)11-1-3-12(4-2-11)16(17)18/h1-4H,5-10H2. The van der Waals surface area contributed by atoms with Gasteiger partial charge < -0.3 is 4.90 Å². The summed E-state index contributed by atoms with van der Waals surface area (Å²) >= 11 is 5.72. The van der Waals surface area contributed by atoms with Crippen LogP contribution in [0.3, 0.4) is 0 Å². The van der Waals surface area contributed by atoms with Crippen LogP contribution >= 0.6 is 11.6 Å². The second-order valence-corrected chi connectivity index (χ2v) is 4.67. The highest BCUT2D eigenvalue weighted by molar-refractivity contribution is 6.18. The molecule has 0 spiro atoms. The number of rotatable bonds is 4. The first-order valence-corrected chi connectivity index (χ1v) is 6.52. The highest BCUT2D eigenvalue weighted by Crippen LogP contribution is 2.20. The van der Waals surface area contributed by atoms with Crippen LogP contribution in [0.2, 0.25) is 0 Å². The van der Waals surface area contributed by atoms with Gasteiger partial charge in [-0.1, -0.05) is 0 Å². The molecule has 0 saturated carbocycles. The molecule has 1 aliphatic rings. The van der Waals surface area contributed by atoms with E-state index in [2.05, 4.69) is 9.80 Å². The Kier molecular flexibility index (Phi) is 4.38. The third-order valence-electron chi connectivity index (χ3n) is 3.20. The molecule has 1 fully saturated rings. The van der Waals surface area contributed by atoms with Gasteiger partial charge in [-0.2, -0.15) is 0 Å². The number of nitrogens with zero attached hydrogens (tertiary/aromatic N) is 3. The van der Waals surface area contributed by atoms with E-state index in [0.717, 1.165) is 38.4 Å². The minimum absolute atomic E-state index is 0.138. The minimum Gasteiger partial charge on any atom is -0.369 e. The van der Waals surface area contributed by atoms with Gasteiger partial charge in [0.15, 0.2) is 0 Å². The quantitative estimate of drug-likeness (QED) is 0.476. The number of nitro groups is 1. The summed E-state index contributed by atoms with van der Waals surface area (Å²) in [4.78, 5) is 14.8. The molecule has 1 saturated heterocycles. The van der Waals surface area contributed by atoms with Crippen molar-refractivity contribution in [3.05, 3.63) is 34.4 Å². The molecule has 18 heavy (non-hydrogen) atoms.